The number of carbonyl (C=O) groups excluding carboxylic acids is 2. The van der Waals surface area contributed by atoms with E-state index < -0.39 is 0 Å². The summed E-state index contributed by atoms with van der Waals surface area (Å²) in [5.74, 6) is 0.730. The van der Waals surface area contributed by atoms with Crippen molar-refractivity contribution >= 4 is 23.2 Å². The lowest BCUT2D eigenvalue weighted by Gasteiger charge is -2.23. The molecule has 28 heavy (non-hydrogen) atoms. The molecule has 0 aliphatic heterocycles. The van der Waals surface area contributed by atoms with Crippen LogP contribution in [0.25, 0.3) is 0 Å². The van der Waals surface area contributed by atoms with Crippen LogP contribution in [0.1, 0.15) is 18.1 Å². The molecule has 0 atom stereocenters. The molecule has 0 unspecified atom stereocenters. The van der Waals surface area contributed by atoms with Gasteiger partial charge in [0.05, 0.1) is 21.3 Å². The largest absolute Gasteiger partial charge is 0.493 e. The fraction of sp³-hybridized carbons (Fsp3) is 0.333. The molecule has 7 heteroatoms. The third-order valence-electron chi connectivity index (χ3n) is 4.29. The average Bonchev–Trinajstić information content (AvgIpc) is 2.67. The lowest BCUT2D eigenvalue weighted by atomic mass is 10.1. The molecule has 0 saturated carbocycles. The van der Waals surface area contributed by atoms with E-state index >= 15 is 0 Å². The molecule has 2 rings (SSSR count). The molecule has 2 amide bonds. The lowest BCUT2D eigenvalue weighted by Crippen LogP contribution is -2.37. The Bertz CT molecular complexity index is 854. The fourth-order valence-corrected chi connectivity index (χ4v) is 2.87. The van der Waals surface area contributed by atoms with Gasteiger partial charge in [-0.05, 0) is 31.0 Å². The zero-order valence-corrected chi connectivity index (χ0v) is 17.1. The van der Waals surface area contributed by atoms with Gasteiger partial charge in [0.15, 0.2) is 11.5 Å². The first-order valence-electron chi connectivity index (χ1n) is 8.76. The Morgan fingerprint density at radius 2 is 1.57 bits per heavy atom. The van der Waals surface area contributed by atoms with Crippen LogP contribution in [0.3, 0.4) is 0 Å². The van der Waals surface area contributed by atoms with Crippen LogP contribution in [0, 0.1) is 13.8 Å². The summed E-state index contributed by atoms with van der Waals surface area (Å²) < 4.78 is 15.9. The van der Waals surface area contributed by atoms with Gasteiger partial charge in [-0.2, -0.15) is 0 Å². The van der Waals surface area contributed by atoms with Crippen molar-refractivity contribution in [2.45, 2.75) is 20.8 Å². The van der Waals surface area contributed by atoms with Gasteiger partial charge < -0.3 is 24.4 Å². The van der Waals surface area contributed by atoms with Gasteiger partial charge in [-0.3, -0.25) is 9.59 Å². The standard InChI is InChI=1S/C21H26N2O5/c1-13-7-8-14(2)17(9-13)23(15(3)24)12-20(25)22-16-10-18(26-4)21(28-6)19(11-16)27-5/h7-11H,12H2,1-6H3,(H,22,25). The second-order valence-electron chi connectivity index (χ2n) is 6.36. The molecule has 0 spiro atoms. The fourth-order valence-electron chi connectivity index (χ4n) is 2.87. The first-order valence-corrected chi connectivity index (χ1v) is 8.76. The molecule has 0 saturated heterocycles. The Morgan fingerprint density at radius 1 is 0.964 bits per heavy atom. The predicted molar refractivity (Wildman–Crippen MR) is 109 cm³/mol. The number of hydrogen-bond acceptors (Lipinski definition) is 5. The van der Waals surface area contributed by atoms with Crippen molar-refractivity contribution in [2.24, 2.45) is 0 Å². The van der Waals surface area contributed by atoms with Gasteiger partial charge in [-0.25, -0.2) is 0 Å². The highest BCUT2D eigenvalue weighted by atomic mass is 16.5. The van der Waals surface area contributed by atoms with Crippen LogP contribution >= 0.6 is 0 Å². The van der Waals surface area contributed by atoms with E-state index in [0.29, 0.717) is 28.6 Å². The van der Waals surface area contributed by atoms with Crippen molar-refractivity contribution in [1.82, 2.24) is 0 Å². The number of ether oxygens (including phenoxy) is 3. The van der Waals surface area contributed by atoms with Gasteiger partial charge in [0.25, 0.3) is 0 Å². The highest BCUT2D eigenvalue weighted by molar-refractivity contribution is 6.02. The van der Waals surface area contributed by atoms with E-state index in [9.17, 15) is 9.59 Å². The minimum atomic E-state index is -0.342. The molecule has 2 aromatic rings. The molecule has 2 aromatic carbocycles. The highest BCUT2D eigenvalue weighted by Crippen LogP contribution is 2.39. The van der Waals surface area contributed by atoms with E-state index in [1.165, 1.54) is 33.2 Å². The van der Waals surface area contributed by atoms with Crippen molar-refractivity contribution in [1.29, 1.82) is 0 Å². The van der Waals surface area contributed by atoms with E-state index in [-0.39, 0.29) is 18.4 Å². The van der Waals surface area contributed by atoms with Gasteiger partial charge in [0, 0.05) is 30.4 Å². The number of nitrogens with one attached hydrogen (secondary N) is 1. The number of carbonyl (C=O) groups is 2. The maximum atomic E-state index is 12.6. The van der Waals surface area contributed by atoms with Crippen molar-refractivity contribution in [3.05, 3.63) is 41.5 Å². The maximum absolute atomic E-state index is 12.6. The monoisotopic (exact) mass is 386 g/mol. The molecule has 0 bridgehead atoms. The highest BCUT2D eigenvalue weighted by Gasteiger charge is 2.19. The van der Waals surface area contributed by atoms with Gasteiger partial charge in [-0.15, -0.1) is 0 Å². The van der Waals surface area contributed by atoms with Crippen LogP contribution in [0.15, 0.2) is 30.3 Å². The molecular formula is C21H26N2O5. The summed E-state index contributed by atoms with van der Waals surface area (Å²) in [7, 11) is 4.51. The zero-order valence-electron chi connectivity index (χ0n) is 17.1. The van der Waals surface area contributed by atoms with E-state index in [1.54, 1.807) is 12.1 Å². The van der Waals surface area contributed by atoms with Gasteiger partial charge in [0.1, 0.15) is 6.54 Å². The summed E-state index contributed by atoms with van der Waals surface area (Å²) in [6, 6.07) is 9.05. The summed E-state index contributed by atoms with van der Waals surface area (Å²) in [5.41, 5.74) is 3.12. The van der Waals surface area contributed by atoms with Gasteiger partial charge >= 0.3 is 0 Å². The zero-order chi connectivity index (χ0) is 20.8. The molecule has 1 N–H and O–H groups in total. The van der Waals surface area contributed by atoms with Gasteiger partial charge in [-0.1, -0.05) is 12.1 Å². The van der Waals surface area contributed by atoms with E-state index in [1.807, 2.05) is 32.0 Å². The van der Waals surface area contributed by atoms with Crippen LogP contribution in [0.5, 0.6) is 17.2 Å². The van der Waals surface area contributed by atoms with Crippen LogP contribution in [0.4, 0.5) is 11.4 Å². The first-order chi connectivity index (χ1) is 13.3. The SMILES string of the molecule is COc1cc(NC(=O)CN(C(C)=O)c2cc(C)ccc2C)cc(OC)c1OC. The molecule has 0 aromatic heterocycles. The molecular weight excluding hydrogens is 360 g/mol. The molecule has 0 fully saturated rings. The van der Waals surface area contributed by atoms with Crippen molar-refractivity contribution in [3.8, 4) is 17.2 Å². The third-order valence-corrected chi connectivity index (χ3v) is 4.29. The number of rotatable bonds is 7. The Labute approximate surface area is 165 Å². The predicted octanol–water partition coefficient (Wildman–Crippen LogP) is 3.32. The van der Waals surface area contributed by atoms with E-state index in [2.05, 4.69) is 5.32 Å². The molecule has 0 aliphatic carbocycles. The number of hydrogen-bond donors (Lipinski definition) is 1. The second-order valence-corrected chi connectivity index (χ2v) is 6.36. The molecule has 0 heterocycles. The molecule has 7 nitrogen and oxygen atoms in total. The maximum Gasteiger partial charge on any atom is 0.244 e. The summed E-state index contributed by atoms with van der Waals surface area (Å²) in [5, 5.41) is 2.78. The Kier molecular flexibility index (Phi) is 6.87. The van der Waals surface area contributed by atoms with Crippen LogP contribution in [-0.4, -0.2) is 39.7 Å². The quantitative estimate of drug-likeness (QED) is 0.790. The lowest BCUT2D eigenvalue weighted by molar-refractivity contribution is -0.120. The smallest absolute Gasteiger partial charge is 0.244 e. The summed E-state index contributed by atoms with van der Waals surface area (Å²) in [6.45, 7) is 5.17. The molecule has 0 radical (unpaired) electrons. The number of methoxy groups -OCH3 is 3. The minimum Gasteiger partial charge on any atom is -0.493 e. The summed E-state index contributed by atoms with van der Waals surface area (Å²) in [4.78, 5) is 26.3. The van der Waals surface area contributed by atoms with Crippen molar-refractivity contribution < 1.29 is 23.8 Å². The molecule has 150 valence electrons. The Balaban J connectivity index is 2.26. The number of nitrogens with zero attached hydrogens (tertiary/aromatic N) is 1. The number of benzene rings is 2. The molecule has 0 aliphatic rings. The minimum absolute atomic E-state index is 0.115. The van der Waals surface area contributed by atoms with Gasteiger partial charge in [0.2, 0.25) is 17.6 Å². The van der Waals surface area contributed by atoms with E-state index in [4.69, 9.17) is 14.2 Å². The normalized spacial score (nSPS) is 10.2. The van der Waals surface area contributed by atoms with Crippen molar-refractivity contribution in [2.75, 3.05) is 38.1 Å². The number of aryl methyl sites for hydroxylation is 2. The van der Waals surface area contributed by atoms with E-state index in [0.717, 1.165) is 11.1 Å². The van der Waals surface area contributed by atoms with Crippen LogP contribution in [-0.2, 0) is 9.59 Å². The third kappa shape index (κ3) is 4.73. The summed E-state index contributed by atoms with van der Waals surface area (Å²) in [6.07, 6.45) is 0. The summed E-state index contributed by atoms with van der Waals surface area (Å²) >= 11 is 0. The van der Waals surface area contributed by atoms with Crippen LogP contribution in [0.2, 0.25) is 0 Å². The average molecular weight is 386 g/mol. The number of amides is 2. The first kappa shape index (κ1) is 21.1. The number of anilines is 2. The second kappa shape index (κ2) is 9.12. The van der Waals surface area contributed by atoms with Crippen LogP contribution < -0.4 is 24.4 Å². The Morgan fingerprint density at radius 3 is 2.07 bits per heavy atom. The van der Waals surface area contributed by atoms with Crippen molar-refractivity contribution in [3.63, 3.8) is 0 Å². The Hall–Kier alpha value is -3.22. The topological polar surface area (TPSA) is 77.1 Å².